The number of nitrogens with zero attached hydrogens (tertiary/aromatic N) is 5. The number of hydrogen-bond donors (Lipinski definition) is 1. The topological polar surface area (TPSA) is 60.9 Å². The predicted octanol–water partition coefficient (Wildman–Crippen LogP) is 2.89. The highest BCUT2D eigenvalue weighted by atomic mass is 15.3. The number of piperazine rings is 1. The van der Waals surface area contributed by atoms with Crippen molar-refractivity contribution < 1.29 is 0 Å². The number of hydrogen-bond acceptors (Lipinski definition) is 5. The van der Waals surface area contributed by atoms with Gasteiger partial charge in [0.1, 0.15) is 11.6 Å². The van der Waals surface area contributed by atoms with Crippen LogP contribution in [0.1, 0.15) is 65.6 Å². The van der Waals surface area contributed by atoms with Crippen LogP contribution in [-0.4, -0.2) is 51.2 Å². The highest BCUT2D eigenvalue weighted by Crippen LogP contribution is 2.39. The van der Waals surface area contributed by atoms with Gasteiger partial charge in [-0.25, -0.2) is 9.97 Å². The molecule has 27 heavy (non-hydrogen) atoms. The molecule has 5 rings (SSSR count). The van der Waals surface area contributed by atoms with Crippen LogP contribution < -0.4 is 4.90 Å². The van der Waals surface area contributed by atoms with Gasteiger partial charge in [-0.1, -0.05) is 0 Å². The van der Waals surface area contributed by atoms with Gasteiger partial charge in [-0.05, 0) is 57.9 Å². The molecule has 6 nitrogen and oxygen atoms in total. The second kappa shape index (κ2) is 6.89. The number of rotatable bonds is 4. The molecule has 0 unspecified atom stereocenters. The van der Waals surface area contributed by atoms with Gasteiger partial charge >= 0.3 is 0 Å². The number of H-pyrrole nitrogens is 1. The van der Waals surface area contributed by atoms with Crippen molar-refractivity contribution >= 4 is 5.82 Å². The Morgan fingerprint density at radius 3 is 2.56 bits per heavy atom. The molecule has 1 saturated heterocycles. The van der Waals surface area contributed by atoms with Gasteiger partial charge in [-0.15, -0.1) is 0 Å². The fourth-order valence-corrected chi connectivity index (χ4v) is 4.48. The van der Waals surface area contributed by atoms with Crippen LogP contribution in [0.4, 0.5) is 5.82 Å². The van der Waals surface area contributed by atoms with Crippen molar-refractivity contribution in [1.82, 2.24) is 25.1 Å². The molecule has 3 aliphatic rings. The van der Waals surface area contributed by atoms with Crippen molar-refractivity contribution in [2.45, 2.75) is 64.8 Å². The Kier molecular flexibility index (Phi) is 4.38. The Labute approximate surface area is 161 Å². The molecule has 0 bridgehead atoms. The Bertz CT molecular complexity index is 829. The Balaban J connectivity index is 1.26. The highest BCUT2D eigenvalue weighted by molar-refractivity contribution is 5.49. The van der Waals surface area contributed by atoms with E-state index in [9.17, 15) is 0 Å². The monoisotopic (exact) mass is 366 g/mol. The molecule has 0 atom stereocenters. The lowest BCUT2D eigenvalue weighted by atomic mass is 9.96. The maximum Gasteiger partial charge on any atom is 0.135 e. The summed E-state index contributed by atoms with van der Waals surface area (Å²) in [4.78, 5) is 14.7. The minimum Gasteiger partial charge on any atom is -0.354 e. The molecular formula is C21H30N6. The quantitative estimate of drug-likeness (QED) is 0.901. The van der Waals surface area contributed by atoms with Crippen molar-refractivity contribution in [1.29, 1.82) is 0 Å². The summed E-state index contributed by atoms with van der Waals surface area (Å²) >= 11 is 0. The third kappa shape index (κ3) is 3.35. The summed E-state index contributed by atoms with van der Waals surface area (Å²) < 4.78 is 0. The van der Waals surface area contributed by atoms with Crippen LogP contribution >= 0.6 is 0 Å². The zero-order valence-corrected chi connectivity index (χ0v) is 16.6. The lowest BCUT2D eigenvalue weighted by molar-refractivity contribution is 0.245. The molecule has 2 aromatic rings. The molecule has 0 aromatic carbocycles. The molecule has 2 fully saturated rings. The second-order valence-corrected chi connectivity index (χ2v) is 8.49. The van der Waals surface area contributed by atoms with Gasteiger partial charge < -0.3 is 4.90 Å². The van der Waals surface area contributed by atoms with E-state index < -0.39 is 0 Å². The smallest absolute Gasteiger partial charge is 0.135 e. The van der Waals surface area contributed by atoms with E-state index >= 15 is 0 Å². The largest absolute Gasteiger partial charge is 0.354 e. The van der Waals surface area contributed by atoms with Crippen LogP contribution in [-0.2, 0) is 19.4 Å². The Hall–Kier alpha value is -1.95. The Morgan fingerprint density at radius 2 is 1.78 bits per heavy atom. The van der Waals surface area contributed by atoms with Crippen molar-refractivity contribution in [2.75, 3.05) is 31.1 Å². The van der Waals surface area contributed by atoms with E-state index in [2.05, 4.69) is 33.8 Å². The molecule has 0 amide bonds. The third-order valence-corrected chi connectivity index (χ3v) is 6.51. The van der Waals surface area contributed by atoms with E-state index in [1.165, 1.54) is 66.9 Å². The summed E-state index contributed by atoms with van der Waals surface area (Å²) in [6.45, 7) is 9.50. The summed E-state index contributed by atoms with van der Waals surface area (Å²) in [5, 5.41) is 7.91. The van der Waals surface area contributed by atoms with Gasteiger partial charge in [0.15, 0.2) is 0 Å². The molecule has 0 spiro atoms. The minimum absolute atomic E-state index is 0.607. The fourth-order valence-electron chi connectivity index (χ4n) is 4.48. The zero-order chi connectivity index (χ0) is 18.4. The van der Waals surface area contributed by atoms with E-state index in [-0.39, 0.29) is 0 Å². The van der Waals surface area contributed by atoms with Crippen LogP contribution in [0.25, 0.3) is 0 Å². The number of fused-ring (bicyclic) bond motifs is 1. The summed E-state index contributed by atoms with van der Waals surface area (Å²) in [5.41, 5.74) is 6.56. The maximum absolute atomic E-state index is 4.96. The SMILES string of the molecule is Cc1nc(C2CC2)nc(N2CCN(Cc3n[nH]c4c3CCCC4)CC2)c1C. The third-order valence-electron chi connectivity index (χ3n) is 6.51. The van der Waals surface area contributed by atoms with Gasteiger partial charge in [0.05, 0.1) is 5.69 Å². The molecule has 144 valence electrons. The first-order chi connectivity index (χ1) is 13.2. The van der Waals surface area contributed by atoms with Gasteiger partial charge in [0.2, 0.25) is 0 Å². The number of aryl methyl sites for hydroxylation is 2. The van der Waals surface area contributed by atoms with E-state index in [0.717, 1.165) is 44.2 Å². The molecule has 2 aliphatic carbocycles. The molecule has 0 radical (unpaired) electrons. The zero-order valence-electron chi connectivity index (χ0n) is 16.6. The standard InChI is InChI=1S/C21H30N6/c1-14-15(2)22-20(16-7-8-16)23-21(14)27-11-9-26(10-12-27)13-19-17-5-3-4-6-18(17)24-25-19/h16H,3-13H2,1-2H3,(H,24,25). The van der Waals surface area contributed by atoms with E-state index in [1.807, 2.05) is 0 Å². The van der Waals surface area contributed by atoms with Crippen LogP contribution in [0.15, 0.2) is 0 Å². The van der Waals surface area contributed by atoms with E-state index in [1.54, 1.807) is 0 Å². The van der Waals surface area contributed by atoms with E-state index in [4.69, 9.17) is 9.97 Å². The first-order valence-electron chi connectivity index (χ1n) is 10.6. The second-order valence-electron chi connectivity index (χ2n) is 8.49. The highest BCUT2D eigenvalue weighted by Gasteiger charge is 2.29. The molecule has 1 N–H and O–H groups in total. The number of aromatic amines is 1. The predicted molar refractivity (Wildman–Crippen MR) is 106 cm³/mol. The number of nitrogens with one attached hydrogen (secondary N) is 1. The number of anilines is 1. The lowest BCUT2D eigenvalue weighted by Crippen LogP contribution is -2.46. The molecule has 3 heterocycles. The number of aromatic nitrogens is 4. The van der Waals surface area contributed by atoms with Crippen molar-refractivity contribution in [3.8, 4) is 0 Å². The summed E-state index contributed by atoms with van der Waals surface area (Å²) in [7, 11) is 0. The Morgan fingerprint density at radius 1 is 1.00 bits per heavy atom. The average Bonchev–Trinajstić information content (AvgIpc) is 3.47. The van der Waals surface area contributed by atoms with Crippen LogP contribution in [0.2, 0.25) is 0 Å². The fraction of sp³-hybridized carbons (Fsp3) is 0.667. The van der Waals surface area contributed by atoms with Crippen LogP contribution in [0.5, 0.6) is 0 Å². The van der Waals surface area contributed by atoms with Crippen molar-refractivity contribution in [3.63, 3.8) is 0 Å². The van der Waals surface area contributed by atoms with Crippen molar-refractivity contribution in [3.05, 3.63) is 34.0 Å². The van der Waals surface area contributed by atoms with Crippen LogP contribution in [0, 0.1) is 13.8 Å². The molecule has 1 aliphatic heterocycles. The minimum atomic E-state index is 0.607. The molecular weight excluding hydrogens is 336 g/mol. The molecule has 1 saturated carbocycles. The first-order valence-corrected chi connectivity index (χ1v) is 10.6. The van der Waals surface area contributed by atoms with Gasteiger partial charge in [0.25, 0.3) is 0 Å². The summed E-state index contributed by atoms with van der Waals surface area (Å²) in [6, 6.07) is 0. The van der Waals surface area contributed by atoms with Crippen LogP contribution in [0.3, 0.4) is 0 Å². The van der Waals surface area contributed by atoms with Gasteiger partial charge in [-0.3, -0.25) is 10.00 Å². The first kappa shape index (κ1) is 17.2. The maximum atomic E-state index is 4.96. The lowest BCUT2D eigenvalue weighted by Gasteiger charge is -2.36. The van der Waals surface area contributed by atoms with Crippen molar-refractivity contribution in [2.24, 2.45) is 0 Å². The van der Waals surface area contributed by atoms with E-state index in [0.29, 0.717) is 5.92 Å². The van der Waals surface area contributed by atoms with Gasteiger partial charge in [0, 0.05) is 55.6 Å². The summed E-state index contributed by atoms with van der Waals surface area (Å²) in [5.74, 6) is 2.84. The molecule has 2 aromatic heterocycles. The average molecular weight is 367 g/mol. The van der Waals surface area contributed by atoms with Gasteiger partial charge in [-0.2, -0.15) is 5.10 Å². The molecule has 6 heteroatoms. The summed E-state index contributed by atoms with van der Waals surface area (Å²) in [6.07, 6.45) is 7.49. The normalized spacial score (nSPS) is 20.7.